The fourth-order valence-corrected chi connectivity index (χ4v) is 1.45. The highest BCUT2D eigenvalue weighted by Crippen LogP contribution is 2.05. The molecule has 0 amide bonds. The predicted molar refractivity (Wildman–Crippen MR) is 43.8 cm³/mol. The van der Waals surface area contributed by atoms with E-state index >= 15 is 0 Å². The van der Waals surface area contributed by atoms with Crippen LogP contribution in [0.15, 0.2) is 18.3 Å². The van der Waals surface area contributed by atoms with E-state index in [1.165, 1.54) is 6.07 Å². The highest BCUT2D eigenvalue weighted by molar-refractivity contribution is 7.85. The van der Waals surface area contributed by atoms with Crippen molar-refractivity contribution in [2.45, 2.75) is 5.75 Å². The summed E-state index contributed by atoms with van der Waals surface area (Å²) in [6.45, 7) is 0. The lowest BCUT2D eigenvalue weighted by molar-refractivity contribution is 0.397. The van der Waals surface area contributed by atoms with Crippen molar-refractivity contribution in [3.05, 3.63) is 29.8 Å². The summed E-state index contributed by atoms with van der Waals surface area (Å²) in [6.07, 6.45) is 1.16. The average Bonchev–Trinajstić information content (AvgIpc) is 2.09. The van der Waals surface area contributed by atoms with Crippen LogP contribution >= 0.6 is 0 Å². The molecule has 0 spiro atoms. The Hall–Kier alpha value is -1.01. The van der Waals surface area contributed by atoms with Crippen LogP contribution in [0.4, 0.5) is 4.39 Å². The number of nitrogens with zero attached hydrogens (tertiary/aromatic N) is 1. The lowest BCUT2D eigenvalue weighted by Crippen LogP contribution is -2.06. The number of hydrogen-bond acceptors (Lipinski definition) is 4. The Morgan fingerprint density at radius 2 is 2.23 bits per heavy atom. The number of hydrogen-bond donors (Lipinski definition) is 0. The van der Waals surface area contributed by atoms with Gasteiger partial charge in [-0.15, -0.1) is 0 Å². The predicted octanol–water partition coefficient (Wildman–Crippen LogP) is 0.697. The first-order chi connectivity index (χ1) is 6.03. The third kappa shape index (κ3) is 3.08. The first-order valence-corrected chi connectivity index (χ1v) is 5.00. The van der Waals surface area contributed by atoms with Crippen LogP contribution in [-0.2, 0) is 20.1 Å². The minimum absolute atomic E-state index is 0.295. The molecule has 0 radical (unpaired) electrons. The SMILES string of the molecule is COS(=O)(=O)Cc1ccc(F)nc1. The summed E-state index contributed by atoms with van der Waals surface area (Å²) < 4.78 is 38.4. The van der Waals surface area contributed by atoms with Crippen LogP contribution in [0.5, 0.6) is 0 Å². The highest BCUT2D eigenvalue weighted by atomic mass is 32.2. The molecule has 13 heavy (non-hydrogen) atoms. The summed E-state index contributed by atoms with van der Waals surface area (Å²) in [7, 11) is -2.47. The molecule has 0 aliphatic heterocycles. The van der Waals surface area contributed by atoms with Crippen molar-refractivity contribution >= 4 is 10.1 Å². The Balaban J connectivity index is 2.82. The molecule has 0 unspecified atom stereocenters. The van der Waals surface area contributed by atoms with Crippen molar-refractivity contribution in [1.29, 1.82) is 0 Å². The zero-order valence-electron chi connectivity index (χ0n) is 6.90. The molecule has 0 saturated carbocycles. The van der Waals surface area contributed by atoms with E-state index in [0.29, 0.717) is 5.56 Å². The molecular formula is C7H8FNO3S. The first-order valence-electron chi connectivity index (χ1n) is 3.42. The maximum Gasteiger partial charge on any atom is 0.271 e. The molecule has 0 bridgehead atoms. The van der Waals surface area contributed by atoms with Gasteiger partial charge < -0.3 is 0 Å². The van der Waals surface area contributed by atoms with E-state index < -0.39 is 16.1 Å². The van der Waals surface area contributed by atoms with Gasteiger partial charge in [0, 0.05) is 6.20 Å². The fourth-order valence-electron chi connectivity index (χ4n) is 0.755. The monoisotopic (exact) mass is 205 g/mol. The summed E-state index contributed by atoms with van der Waals surface area (Å²) in [5.74, 6) is -0.935. The third-order valence-corrected chi connectivity index (χ3v) is 2.58. The van der Waals surface area contributed by atoms with Gasteiger partial charge in [0.15, 0.2) is 0 Å². The Labute approximate surface area is 75.5 Å². The smallest absolute Gasteiger partial charge is 0.271 e. The molecule has 0 aromatic carbocycles. The van der Waals surface area contributed by atoms with Gasteiger partial charge in [0.2, 0.25) is 5.95 Å². The van der Waals surface area contributed by atoms with Crippen molar-refractivity contribution in [2.75, 3.05) is 7.11 Å². The molecule has 6 heteroatoms. The van der Waals surface area contributed by atoms with Crippen LogP contribution in [-0.4, -0.2) is 20.5 Å². The lowest BCUT2D eigenvalue weighted by Gasteiger charge is -2.00. The van der Waals surface area contributed by atoms with Crippen molar-refractivity contribution in [3.8, 4) is 0 Å². The van der Waals surface area contributed by atoms with Gasteiger partial charge in [0.25, 0.3) is 10.1 Å². The van der Waals surface area contributed by atoms with Crippen LogP contribution in [0, 0.1) is 5.95 Å². The van der Waals surface area contributed by atoms with Gasteiger partial charge in [-0.3, -0.25) is 4.18 Å². The molecule has 4 nitrogen and oxygen atoms in total. The second-order valence-electron chi connectivity index (χ2n) is 2.36. The minimum atomic E-state index is -3.55. The maximum atomic E-state index is 12.3. The molecule has 1 heterocycles. The minimum Gasteiger partial charge on any atom is -0.273 e. The van der Waals surface area contributed by atoms with Gasteiger partial charge in [0.1, 0.15) is 5.75 Å². The molecule has 1 rings (SSSR count). The maximum absolute atomic E-state index is 12.3. The normalized spacial score (nSPS) is 11.5. The second-order valence-corrected chi connectivity index (χ2v) is 4.10. The average molecular weight is 205 g/mol. The van der Waals surface area contributed by atoms with Crippen molar-refractivity contribution in [3.63, 3.8) is 0 Å². The van der Waals surface area contributed by atoms with E-state index in [1.54, 1.807) is 0 Å². The molecular weight excluding hydrogens is 197 g/mol. The standard InChI is InChI=1S/C7H8FNO3S/c1-12-13(10,11)5-6-2-3-7(8)9-4-6/h2-4H,5H2,1H3. The van der Waals surface area contributed by atoms with Crippen LogP contribution in [0.1, 0.15) is 5.56 Å². The topological polar surface area (TPSA) is 56.3 Å². The number of aromatic nitrogens is 1. The number of pyridine rings is 1. The quantitative estimate of drug-likeness (QED) is 0.538. The molecule has 72 valence electrons. The van der Waals surface area contributed by atoms with E-state index in [-0.39, 0.29) is 5.75 Å². The number of rotatable bonds is 3. The van der Waals surface area contributed by atoms with E-state index in [0.717, 1.165) is 19.4 Å². The van der Waals surface area contributed by atoms with Crippen LogP contribution in [0.2, 0.25) is 0 Å². The largest absolute Gasteiger partial charge is 0.273 e. The molecule has 1 aromatic rings. The Morgan fingerprint density at radius 1 is 1.54 bits per heavy atom. The molecule has 0 N–H and O–H groups in total. The van der Waals surface area contributed by atoms with Gasteiger partial charge in [0.05, 0.1) is 7.11 Å². The van der Waals surface area contributed by atoms with Crippen LogP contribution in [0.25, 0.3) is 0 Å². The number of halogens is 1. The summed E-state index contributed by atoms with van der Waals surface area (Å²) in [5.41, 5.74) is 0.392. The lowest BCUT2D eigenvalue weighted by atomic mass is 10.3. The molecule has 0 atom stereocenters. The Kier molecular flexibility index (Phi) is 2.94. The van der Waals surface area contributed by atoms with Crippen molar-refractivity contribution in [1.82, 2.24) is 4.98 Å². The molecule has 0 fully saturated rings. The van der Waals surface area contributed by atoms with Gasteiger partial charge in [-0.1, -0.05) is 6.07 Å². The van der Waals surface area contributed by atoms with Crippen molar-refractivity contribution < 1.29 is 17.0 Å². The van der Waals surface area contributed by atoms with Crippen molar-refractivity contribution in [2.24, 2.45) is 0 Å². The Bertz CT molecular complexity index is 373. The van der Waals surface area contributed by atoms with E-state index in [2.05, 4.69) is 9.17 Å². The molecule has 0 aliphatic rings. The van der Waals surface area contributed by atoms with Gasteiger partial charge in [-0.2, -0.15) is 12.8 Å². The zero-order chi connectivity index (χ0) is 9.90. The molecule has 0 saturated heterocycles. The van der Waals surface area contributed by atoms with Gasteiger partial charge in [-0.25, -0.2) is 4.98 Å². The van der Waals surface area contributed by atoms with E-state index in [4.69, 9.17) is 0 Å². The van der Waals surface area contributed by atoms with Crippen LogP contribution < -0.4 is 0 Å². The van der Waals surface area contributed by atoms with E-state index in [1.807, 2.05) is 0 Å². The summed E-state index contributed by atoms with van der Waals surface area (Å²) >= 11 is 0. The highest BCUT2D eigenvalue weighted by Gasteiger charge is 2.09. The fraction of sp³-hybridized carbons (Fsp3) is 0.286. The first kappa shape index (κ1) is 10.1. The molecule has 0 aliphatic carbocycles. The van der Waals surface area contributed by atoms with Gasteiger partial charge in [-0.05, 0) is 11.6 Å². The second kappa shape index (κ2) is 3.80. The Morgan fingerprint density at radius 3 is 2.69 bits per heavy atom. The van der Waals surface area contributed by atoms with E-state index in [9.17, 15) is 12.8 Å². The van der Waals surface area contributed by atoms with Crippen LogP contribution in [0.3, 0.4) is 0 Å². The van der Waals surface area contributed by atoms with Gasteiger partial charge >= 0.3 is 0 Å². The zero-order valence-corrected chi connectivity index (χ0v) is 7.71. The summed E-state index contributed by atoms with van der Waals surface area (Å²) in [4.78, 5) is 3.31. The summed E-state index contributed by atoms with van der Waals surface area (Å²) in [6, 6.07) is 2.44. The molecule has 1 aromatic heterocycles. The summed E-state index contributed by atoms with van der Waals surface area (Å²) in [5, 5.41) is 0. The third-order valence-electron chi connectivity index (χ3n) is 1.39.